The van der Waals surface area contributed by atoms with Gasteiger partial charge in [0.15, 0.2) is 0 Å². The second kappa shape index (κ2) is 5.42. The van der Waals surface area contributed by atoms with E-state index in [0.29, 0.717) is 11.9 Å². The van der Waals surface area contributed by atoms with E-state index in [1.165, 1.54) is 0 Å². The number of anilines is 1. The standard InChI is InChI=1S/C13H13ClN6/c1-2-7-15-12-17-11(14)18-13(19-12)20-8-16-9-5-3-4-6-10(9)20/h3-6,8H,2,7H2,1H3,(H,15,17,18,19). The number of aromatic nitrogens is 5. The first-order valence-electron chi connectivity index (χ1n) is 6.36. The van der Waals surface area contributed by atoms with E-state index in [1.54, 1.807) is 10.9 Å². The van der Waals surface area contributed by atoms with E-state index in [0.717, 1.165) is 24.0 Å². The monoisotopic (exact) mass is 288 g/mol. The number of hydrogen-bond donors (Lipinski definition) is 1. The second-order valence-corrected chi connectivity index (χ2v) is 4.60. The summed E-state index contributed by atoms with van der Waals surface area (Å²) in [6.45, 7) is 2.85. The van der Waals surface area contributed by atoms with Gasteiger partial charge in [0.25, 0.3) is 0 Å². The van der Waals surface area contributed by atoms with Gasteiger partial charge in [-0.3, -0.25) is 4.57 Å². The molecule has 2 heterocycles. The minimum absolute atomic E-state index is 0.159. The first-order valence-corrected chi connectivity index (χ1v) is 6.73. The van der Waals surface area contributed by atoms with Crippen LogP contribution in [0, 0.1) is 0 Å². The lowest BCUT2D eigenvalue weighted by Gasteiger charge is -2.06. The van der Waals surface area contributed by atoms with Gasteiger partial charge in [-0.25, -0.2) is 4.98 Å². The summed E-state index contributed by atoms with van der Waals surface area (Å²) >= 11 is 5.96. The summed E-state index contributed by atoms with van der Waals surface area (Å²) in [5, 5.41) is 3.26. The minimum atomic E-state index is 0.159. The van der Waals surface area contributed by atoms with Crippen LogP contribution in [-0.4, -0.2) is 31.0 Å². The summed E-state index contributed by atoms with van der Waals surface area (Å²) in [4.78, 5) is 16.9. The molecular weight excluding hydrogens is 276 g/mol. The molecule has 0 atom stereocenters. The van der Waals surface area contributed by atoms with Gasteiger partial charge in [0.2, 0.25) is 17.2 Å². The van der Waals surface area contributed by atoms with Crippen LogP contribution in [0.15, 0.2) is 30.6 Å². The molecule has 0 aliphatic heterocycles. The largest absolute Gasteiger partial charge is 0.354 e. The Labute approximate surface area is 120 Å². The smallest absolute Gasteiger partial charge is 0.241 e. The number of para-hydroxylation sites is 2. The third-order valence-electron chi connectivity index (χ3n) is 2.80. The number of halogens is 1. The molecule has 7 heteroatoms. The van der Waals surface area contributed by atoms with Crippen molar-refractivity contribution in [3.05, 3.63) is 35.9 Å². The van der Waals surface area contributed by atoms with Gasteiger partial charge >= 0.3 is 0 Å². The van der Waals surface area contributed by atoms with Crippen LogP contribution in [-0.2, 0) is 0 Å². The van der Waals surface area contributed by atoms with E-state index < -0.39 is 0 Å². The summed E-state index contributed by atoms with van der Waals surface area (Å²) in [5.74, 6) is 0.928. The topological polar surface area (TPSA) is 68.5 Å². The van der Waals surface area contributed by atoms with Crippen LogP contribution in [0.1, 0.15) is 13.3 Å². The summed E-state index contributed by atoms with van der Waals surface area (Å²) < 4.78 is 1.79. The zero-order chi connectivity index (χ0) is 13.9. The third-order valence-corrected chi connectivity index (χ3v) is 2.97. The quantitative estimate of drug-likeness (QED) is 0.799. The lowest BCUT2D eigenvalue weighted by atomic mass is 10.3. The summed E-state index contributed by atoms with van der Waals surface area (Å²) in [6, 6.07) is 7.78. The average Bonchev–Trinajstić information content (AvgIpc) is 2.88. The highest BCUT2D eigenvalue weighted by Crippen LogP contribution is 2.17. The van der Waals surface area contributed by atoms with Gasteiger partial charge in [-0.15, -0.1) is 0 Å². The minimum Gasteiger partial charge on any atom is -0.354 e. The highest BCUT2D eigenvalue weighted by atomic mass is 35.5. The van der Waals surface area contributed by atoms with Crippen molar-refractivity contribution in [2.24, 2.45) is 0 Å². The van der Waals surface area contributed by atoms with Gasteiger partial charge in [0.1, 0.15) is 6.33 Å². The Morgan fingerprint density at radius 1 is 1.20 bits per heavy atom. The van der Waals surface area contributed by atoms with E-state index in [9.17, 15) is 0 Å². The molecule has 0 aliphatic rings. The van der Waals surface area contributed by atoms with Crippen LogP contribution in [0.25, 0.3) is 17.0 Å². The number of nitrogens with one attached hydrogen (secondary N) is 1. The molecule has 0 saturated carbocycles. The Balaban J connectivity index is 2.07. The van der Waals surface area contributed by atoms with E-state index in [2.05, 4.69) is 32.2 Å². The maximum atomic E-state index is 5.96. The van der Waals surface area contributed by atoms with Gasteiger partial charge in [0.05, 0.1) is 11.0 Å². The molecule has 0 saturated heterocycles. The van der Waals surface area contributed by atoms with E-state index >= 15 is 0 Å². The van der Waals surface area contributed by atoms with E-state index in [1.807, 2.05) is 24.3 Å². The molecule has 0 spiro atoms. The molecule has 1 aromatic carbocycles. The summed E-state index contributed by atoms with van der Waals surface area (Å²) in [7, 11) is 0. The number of fused-ring (bicyclic) bond motifs is 1. The zero-order valence-corrected chi connectivity index (χ0v) is 11.7. The fourth-order valence-electron chi connectivity index (χ4n) is 1.88. The predicted molar refractivity (Wildman–Crippen MR) is 78.2 cm³/mol. The van der Waals surface area contributed by atoms with Gasteiger partial charge in [0, 0.05) is 6.54 Å². The average molecular weight is 289 g/mol. The lowest BCUT2D eigenvalue weighted by molar-refractivity contribution is 0.891. The van der Waals surface area contributed by atoms with Crippen molar-refractivity contribution in [1.29, 1.82) is 0 Å². The fourth-order valence-corrected chi connectivity index (χ4v) is 2.04. The van der Waals surface area contributed by atoms with Crippen LogP contribution in [0.5, 0.6) is 0 Å². The molecular formula is C13H13ClN6. The highest BCUT2D eigenvalue weighted by molar-refractivity contribution is 6.28. The summed E-state index contributed by atoms with van der Waals surface area (Å²) in [5.41, 5.74) is 1.81. The van der Waals surface area contributed by atoms with Crippen LogP contribution in [0.4, 0.5) is 5.95 Å². The van der Waals surface area contributed by atoms with Crippen molar-refractivity contribution >= 4 is 28.6 Å². The number of imidazole rings is 1. The summed E-state index contributed by atoms with van der Waals surface area (Å²) in [6.07, 6.45) is 2.66. The number of rotatable bonds is 4. The molecule has 0 aliphatic carbocycles. The van der Waals surface area contributed by atoms with Crippen molar-refractivity contribution in [3.8, 4) is 5.95 Å². The van der Waals surface area contributed by atoms with Gasteiger partial charge < -0.3 is 5.32 Å². The lowest BCUT2D eigenvalue weighted by Crippen LogP contribution is -2.09. The molecule has 0 amide bonds. The highest BCUT2D eigenvalue weighted by Gasteiger charge is 2.09. The zero-order valence-electron chi connectivity index (χ0n) is 10.9. The predicted octanol–water partition coefficient (Wildman–Crippen LogP) is 2.69. The molecule has 1 N–H and O–H groups in total. The second-order valence-electron chi connectivity index (χ2n) is 4.26. The first kappa shape index (κ1) is 12.8. The Kier molecular flexibility index (Phi) is 3.47. The van der Waals surface area contributed by atoms with Crippen LogP contribution in [0.3, 0.4) is 0 Å². The Bertz CT molecular complexity index is 739. The SMILES string of the molecule is CCCNc1nc(Cl)nc(-n2cnc3ccccc32)n1. The van der Waals surface area contributed by atoms with Crippen molar-refractivity contribution in [1.82, 2.24) is 24.5 Å². The number of benzene rings is 1. The maximum absolute atomic E-state index is 5.96. The first-order chi connectivity index (χ1) is 9.78. The van der Waals surface area contributed by atoms with E-state index in [-0.39, 0.29) is 5.28 Å². The van der Waals surface area contributed by atoms with Crippen LogP contribution >= 0.6 is 11.6 Å². The molecule has 20 heavy (non-hydrogen) atoms. The molecule has 0 bridgehead atoms. The Morgan fingerprint density at radius 3 is 2.90 bits per heavy atom. The molecule has 0 radical (unpaired) electrons. The van der Waals surface area contributed by atoms with Crippen LogP contribution in [0.2, 0.25) is 5.28 Å². The molecule has 6 nitrogen and oxygen atoms in total. The van der Waals surface area contributed by atoms with Crippen molar-refractivity contribution < 1.29 is 0 Å². The molecule has 0 fully saturated rings. The third kappa shape index (κ3) is 2.42. The van der Waals surface area contributed by atoms with E-state index in [4.69, 9.17) is 11.6 Å². The van der Waals surface area contributed by atoms with Crippen molar-refractivity contribution in [2.45, 2.75) is 13.3 Å². The van der Waals surface area contributed by atoms with Crippen molar-refractivity contribution in [3.63, 3.8) is 0 Å². The van der Waals surface area contributed by atoms with Gasteiger partial charge in [-0.1, -0.05) is 19.1 Å². The Hall–Kier alpha value is -2.21. The van der Waals surface area contributed by atoms with Gasteiger partial charge in [-0.2, -0.15) is 15.0 Å². The molecule has 0 unspecified atom stereocenters. The molecule has 102 valence electrons. The Morgan fingerprint density at radius 2 is 2.05 bits per heavy atom. The van der Waals surface area contributed by atoms with Gasteiger partial charge in [-0.05, 0) is 30.2 Å². The number of hydrogen-bond acceptors (Lipinski definition) is 5. The fraction of sp³-hybridized carbons (Fsp3) is 0.231. The molecule has 3 aromatic rings. The molecule has 3 rings (SSSR count). The maximum Gasteiger partial charge on any atom is 0.241 e. The number of nitrogens with zero attached hydrogens (tertiary/aromatic N) is 5. The van der Waals surface area contributed by atoms with Crippen molar-refractivity contribution in [2.75, 3.05) is 11.9 Å². The van der Waals surface area contributed by atoms with Crippen LogP contribution < -0.4 is 5.32 Å². The normalized spacial score (nSPS) is 10.9. The molecule has 2 aromatic heterocycles.